The van der Waals surface area contributed by atoms with Crippen molar-refractivity contribution in [2.45, 2.75) is 13.1 Å². The predicted octanol–water partition coefficient (Wildman–Crippen LogP) is 3.32. The molecule has 0 radical (unpaired) electrons. The van der Waals surface area contributed by atoms with E-state index in [-0.39, 0.29) is 5.56 Å². The first-order valence-electron chi connectivity index (χ1n) is 4.97. The van der Waals surface area contributed by atoms with E-state index in [0.29, 0.717) is 22.8 Å². The van der Waals surface area contributed by atoms with Crippen LogP contribution in [0.3, 0.4) is 0 Å². The number of aryl methyl sites for hydroxylation is 2. The van der Waals surface area contributed by atoms with E-state index in [4.69, 9.17) is 0 Å². The lowest BCUT2D eigenvalue weighted by molar-refractivity contribution is -0.143. The van der Waals surface area contributed by atoms with Gasteiger partial charge in [-0.1, -0.05) is 0 Å². The number of alkyl halides is 3. The lowest BCUT2D eigenvalue weighted by Crippen LogP contribution is -2.12. The summed E-state index contributed by atoms with van der Waals surface area (Å²) in [5, 5.41) is 0.462. The highest BCUT2D eigenvalue weighted by molar-refractivity contribution is 5.90. The van der Waals surface area contributed by atoms with Crippen LogP contribution < -0.4 is 0 Å². The van der Waals surface area contributed by atoms with E-state index in [0.717, 1.165) is 4.57 Å². The number of aromatic nitrogens is 1. The minimum Gasteiger partial charge on any atom is -0.340 e. The minimum absolute atomic E-state index is 0.152. The molecular weight excluding hydrogens is 231 g/mol. The summed E-state index contributed by atoms with van der Waals surface area (Å²) in [6, 6.07) is 4.52. The quantitative estimate of drug-likeness (QED) is 0.702. The van der Waals surface area contributed by atoms with Crippen molar-refractivity contribution in [2.75, 3.05) is 0 Å². The Morgan fingerprint density at radius 1 is 1.29 bits per heavy atom. The fraction of sp³-hybridized carbons (Fsp3) is 0.250. The molecule has 0 saturated carbocycles. The molecule has 2 rings (SSSR count). The number of hydrogen-bond acceptors (Lipinski definition) is 1. The molecule has 0 atom stereocenters. The molecule has 0 amide bonds. The van der Waals surface area contributed by atoms with Crippen molar-refractivity contribution in [1.29, 1.82) is 0 Å². The van der Waals surface area contributed by atoms with Crippen LogP contribution in [0.1, 0.15) is 21.6 Å². The van der Waals surface area contributed by atoms with Crippen LogP contribution >= 0.6 is 0 Å². The molecular formula is C12H10F3NO. The first-order chi connectivity index (χ1) is 7.86. The van der Waals surface area contributed by atoms with Crippen LogP contribution in [0.25, 0.3) is 10.9 Å². The zero-order valence-electron chi connectivity index (χ0n) is 9.30. The first kappa shape index (κ1) is 11.7. The summed E-state index contributed by atoms with van der Waals surface area (Å²) in [7, 11) is 1.37. The maximum Gasteiger partial charge on any atom is 0.431 e. The van der Waals surface area contributed by atoms with E-state index in [1.807, 2.05) is 0 Å². The standard InChI is InChI=1S/C12H10F3NO/c1-7-9-5-8(6-17)3-4-10(9)16(2)11(7)12(13,14)15/h3-6H,1-2H3. The fourth-order valence-electron chi connectivity index (χ4n) is 2.12. The summed E-state index contributed by atoms with van der Waals surface area (Å²) in [6.45, 7) is 1.42. The molecule has 0 unspecified atom stereocenters. The molecule has 1 aromatic heterocycles. The van der Waals surface area contributed by atoms with Gasteiger partial charge in [0.15, 0.2) is 0 Å². The number of halogens is 3. The van der Waals surface area contributed by atoms with Crippen molar-refractivity contribution in [3.8, 4) is 0 Å². The van der Waals surface area contributed by atoms with Crippen LogP contribution in [-0.2, 0) is 13.2 Å². The number of carbonyl (C=O) groups is 1. The van der Waals surface area contributed by atoms with Gasteiger partial charge in [0.2, 0.25) is 0 Å². The van der Waals surface area contributed by atoms with Crippen molar-refractivity contribution in [3.63, 3.8) is 0 Å². The molecule has 1 heterocycles. The molecule has 0 saturated heterocycles. The van der Waals surface area contributed by atoms with Gasteiger partial charge in [0, 0.05) is 23.5 Å². The Labute approximate surface area is 95.7 Å². The lowest BCUT2D eigenvalue weighted by Gasteiger charge is -2.09. The molecule has 0 fully saturated rings. The number of aldehydes is 1. The van der Waals surface area contributed by atoms with Gasteiger partial charge in [-0.2, -0.15) is 13.2 Å². The largest absolute Gasteiger partial charge is 0.431 e. The number of benzene rings is 1. The van der Waals surface area contributed by atoms with Crippen molar-refractivity contribution in [3.05, 3.63) is 35.0 Å². The van der Waals surface area contributed by atoms with Gasteiger partial charge in [-0.25, -0.2) is 0 Å². The fourth-order valence-corrected chi connectivity index (χ4v) is 2.12. The highest BCUT2D eigenvalue weighted by Crippen LogP contribution is 2.37. The maximum atomic E-state index is 12.8. The molecule has 0 spiro atoms. The van der Waals surface area contributed by atoms with Crippen molar-refractivity contribution in [2.24, 2.45) is 7.05 Å². The van der Waals surface area contributed by atoms with Gasteiger partial charge in [-0.3, -0.25) is 4.79 Å². The van der Waals surface area contributed by atoms with Gasteiger partial charge < -0.3 is 4.57 Å². The molecule has 17 heavy (non-hydrogen) atoms. The van der Waals surface area contributed by atoms with Crippen molar-refractivity contribution >= 4 is 17.2 Å². The van der Waals surface area contributed by atoms with Gasteiger partial charge in [0.1, 0.15) is 12.0 Å². The summed E-state index contributed by atoms with van der Waals surface area (Å²) in [6.07, 6.45) is -3.77. The van der Waals surface area contributed by atoms with Crippen LogP contribution in [0, 0.1) is 6.92 Å². The zero-order valence-corrected chi connectivity index (χ0v) is 9.30. The molecule has 2 aromatic rings. The molecule has 0 aliphatic rings. The first-order valence-corrected chi connectivity index (χ1v) is 4.97. The Morgan fingerprint density at radius 2 is 1.94 bits per heavy atom. The van der Waals surface area contributed by atoms with Gasteiger partial charge in [0.05, 0.1) is 0 Å². The second kappa shape index (κ2) is 3.61. The molecule has 5 heteroatoms. The molecule has 0 aliphatic heterocycles. The molecule has 0 aliphatic carbocycles. The summed E-state index contributed by atoms with van der Waals surface area (Å²) < 4.78 is 39.6. The summed E-state index contributed by atoms with van der Waals surface area (Å²) in [5.74, 6) is 0. The number of fused-ring (bicyclic) bond motifs is 1. The number of hydrogen-bond donors (Lipinski definition) is 0. The van der Waals surface area contributed by atoms with Gasteiger partial charge in [-0.15, -0.1) is 0 Å². The SMILES string of the molecule is Cc1c(C(F)(F)F)n(C)c2ccc(C=O)cc12. The van der Waals surface area contributed by atoms with Crippen LogP contribution in [0.15, 0.2) is 18.2 Å². The van der Waals surface area contributed by atoms with Gasteiger partial charge in [-0.05, 0) is 30.7 Å². The molecule has 0 bridgehead atoms. The minimum atomic E-state index is -4.39. The summed E-state index contributed by atoms with van der Waals surface area (Å²) in [4.78, 5) is 10.6. The van der Waals surface area contributed by atoms with Crippen molar-refractivity contribution in [1.82, 2.24) is 4.57 Å². The Hall–Kier alpha value is -1.78. The van der Waals surface area contributed by atoms with Crippen LogP contribution in [0.2, 0.25) is 0 Å². The highest BCUT2D eigenvalue weighted by Gasteiger charge is 2.36. The van der Waals surface area contributed by atoms with Crippen LogP contribution in [-0.4, -0.2) is 10.9 Å². The second-order valence-corrected chi connectivity index (χ2v) is 3.92. The molecule has 90 valence electrons. The lowest BCUT2D eigenvalue weighted by atomic mass is 10.1. The second-order valence-electron chi connectivity index (χ2n) is 3.92. The van der Waals surface area contributed by atoms with Crippen LogP contribution in [0.4, 0.5) is 13.2 Å². The normalized spacial score (nSPS) is 12.1. The molecule has 1 aromatic carbocycles. The third-order valence-corrected chi connectivity index (χ3v) is 2.88. The van der Waals surface area contributed by atoms with Gasteiger partial charge in [0.25, 0.3) is 0 Å². The zero-order chi connectivity index (χ0) is 12.8. The number of carbonyl (C=O) groups excluding carboxylic acids is 1. The van der Waals surface area contributed by atoms with Crippen molar-refractivity contribution < 1.29 is 18.0 Å². The van der Waals surface area contributed by atoms with Gasteiger partial charge >= 0.3 is 6.18 Å². The predicted molar refractivity (Wildman–Crippen MR) is 58.0 cm³/mol. The topological polar surface area (TPSA) is 22.0 Å². The maximum absolute atomic E-state index is 12.8. The highest BCUT2D eigenvalue weighted by atomic mass is 19.4. The Kier molecular flexibility index (Phi) is 2.49. The van der Waals surface area contributed by atoms with E-state index in [1.54, 1.807) is 0 Å². The van der Waals surface area contributed by atoms with E-state index in [9.17, 15) is 18.0 Å². The smallest absolute Gasteiger partial charge is 0.340 e. The summed E-state index contributed by atoms with van der Waals surface area (Å²) >= 11 is 0. The number of rotatable bonds is 1. The third kappa shape index (κ3) is 1.71. The molecule has 2 nitrogen and oxygen atoms in total. The van der Waals surface area contributed by atoms with E-state index in [1.165, 1.54) is 32.2 Å². The Balaban J connectivity index is 2.85. The Morgan fingerprint density at radius 3 is 2.47 bits per heavy atom. The van der Waals surface area contributed by atoms with E-state index >= 15 is 0 Å². The molecule has 0 N–H and O–H groups in total. The third-order valence-electron chi connectivity index (χ3n) is 2.88. The van der Waals surface area contributed by atoms with Crippen LogP contribution in [0.5, 0.6) is 0 Å². The average Bonchev–Trinajstić information content (AvgIpc) is 2.50. The van der Waals surface area contributed by atoms with E-state index in [2.05, 4.69) is 0 Å². The average molecular weight is 241 g/mol. The van der Waals surface area contributed by atoms with E-state index < -0.39 is 11.9 Å². The number of nitrogens with zero attached hydrogens (tertiary/aromatic N) is 1. The summed E-state index contributed by atoms with van der Waals surface area (Å²) in [5.41, 5.74) is 0.328. The Bertz CT molecular complexity index is 596. The monoisotopic (exact) mass is 241 g/mol.